The first kappa shape index (κ1) is 22.6. The van der Waals surface area contributed by atoms with E-state index < -0.39 is 10.0 Å². The van der Waals surface area contributed by atoms with Crippen LogP contribution in [0, 0.1) is 20.8 Å². The van der Waals surface area contributed by atoms with Crippen LogP contribution in [0.2, 0.25) is 0 Å². The highest BCUT2D eigenvalue weighted by Crippen LogP contribution is 2.23. The molecule has 162 valence electrons. The molecule has 0 aliphatic carbocycles. The van der Waals surface area contributed by atoms with Crippen molar-refractivity contribution in [3.05, 3.63) is 88.5 Å². The van der Waals surface area contributed by atoms with Gasteiger partial charge in [0.1, 0.15) is 0 Å². The van der Waals surface area contributed by atoms with Gasteiger partial charge in [-0.1, -0.05) is 38.1 Å². The van der Waals surface area contributed by atoms with Gasteiger partial charge in [0.2, 0.25) is 0 Å². The lowest BCUT2D eigenvalue weighted by atomic mass is 10.0. The number of benzene rings is 3. The van der Waals surface area contributed by atoms with Gasteiger partial charge in [-0.2, -0.15) is 0 Å². The van der Waals surface area contributed by atoms with Crippen LogP contribution in [-0.2, 0) is 10.0 Å². The summed E-state index contributed by atoms with van der Waals surface area (Å²) in [6.45, 7) is 9.74. The van der Waals surface area contributed by atoms with Gasteiger partial charge in [-0.05, 0) is 85.3 Å². The third-order valence-corrected chi connectivity index (χ3v) is 6.57. The number of carbonyl (C=O) groups excluding carboxylic acids is 1. The van der Waals surface area contributed by atoms with Crippen LogP contribution in [-0.4, -0.2) is 14.3 Å². The molecular formula is C25H28N2O3S. The minimum atomic E-state index is -3.85. The molecule has 3 aromatic rings. The Morgan fingerprint density at radius 2 is 1.42 bits per heavy atom. The average molecular weight is 437 g/mol. The summed E-state index contributed by atoms with van der Waals surface area (Å²) in [5.41, 5.74) is 5.11. The van der Waals surface area contributed by atoms with E-state index in [9.17, 15) is 13.2 Å². The lowest BCUT2D eigenvalue weighted by molar-refractivity contribution is 0.102. The first-order valence-electron chi connectivity index (χ1n) is 10.2. The maximum atomic E-state index is 13.0. The molecule has 0 bridgehead atoms. The highest BCUT2D eigenvalue weighted by Gasteiger charge is 2.20. The van der Waals surface area contributed by atoms with Gasteiger partial charge in [-0.15, -0.1) is 0 Å². The summed E-state index contributed by atoms with van der Waals surface area (Å²) < 4.78 is 28.7. The normalized spacial score (nSPS) is 11.4. The van der Waals surface area contributed by atoms with Crippen molar-refractivity contribution in [1.29, 1.82) is 0 Å². The standard InChI is InChI=1S/C25H28N2O3S/c1-16(2)20-8-10-22(11-9-20)26-25(28)21-7-6-19(5)24(15-21)31(29,30)27-23-13-17(3)12-18(4)14-23/h6-16,27H,1-5H3,(H,26,28). The minimum Gasteiger partial charge on any atom is -0.322 e. The maximum Gasteiger partial charge on any atom is 0.262 e. The fourth-order valence-electron chi connectivity index (χ4n) is 3.43. The first-order chi connectivity index (χ1) is 14.5. The number of rotatable bonds is 6. The molecule has 6 heteroatoms. The lowest BCUT2D eigenvalue weighted by Crippen LogP contribution is -2.17. The van der Waals surface area contributed by atoms with E-state index in [1.807, 2.05) is 44.2 Å². The lowest BCUT2D eigenvalue weighted by Gasteiger charge is -2.13. The summed E-state index contributed by atoms with van der Waals surface area (Å²) in [6, 6.07) is 17.9. The number of sulfonamides is 1. The number of hydrogen-bond acceptors (Lipinski definition) is 3. The average Bonchev–Trinajstić information content (AvgIpc) is 2.67. The second-order valence-corrected chi connectivity index (χ2v) is 9.84. The van der Waals surface area contributed by atoms with E-state index in [2.05, 4.69) is 23.9 Å². The molecule has 0 unspecified atom stereocenters. The summed E-state index contributed by atoms with van der Waals surface area (Å²) in [4.78, 5) is 12.8. The van der Waals surface area contributed by atoms with Crippen molar-refractivity contribution < 1.29 is 13.2 Å². The van der Waals surface area contributed by atoms with Crippen LogP contribution in [0.25, 0.3) is 0 Å². The van der Waals surface area contributed by atoms with Crippen LogP contribution in [0.15, 0.2) is 65.6 Å². The summed E-state index contributed by atoms with van der Waals surface area (Å²) in [6.07, 6.45) is 0. The molecule has 0 aliphatic heterocycles. The minimum absolute atomic E-state index is 0.0782. The highest BCUT2D eigenvalue weighted by molar-refractivity contribution is 7.92. The Bertz CT molecular complexity index is 1190. The smallest absolute Gasteiger partial charge is 0.262 e. The van der Waals surface area contributed by atoms with Gasteiger partial charge < -0.3 is 5.32 Å². The molecule has 0 aliphatic rings. The summed E-state index contributed by atoms with van der Waals surface area (Å²) in [5.74, 6) is 0.0412. The molecule has 2 N–H and O–H groups in total. The number of carbonyl (C=O) groups is 1. The first-order valence-corrected chi connectivity index (χ1v) is 11.7. The number of anilines is 2. The van der Waals surface area contributed by atoms with Crippen LogP contribution < -0.4 is 10.0 Å². The van der Waals surface area contributed by atoms with Gasteiger partial charge in [0.25, 0.3) is 15.9 Å². The Balaban J connectivity index is 1.85. The summed E-state index contributed by atoms with van der Waals surface area (Å²) >= 11 is 0. The Morgan fingerprint density at radius 3 is 2.00 bits per heavy atom. The van der Waals surface area contributed by atoms with Crippen LogP contribution in [0.1, 0.15) is 52.4 Å². The predicted octanol–water partition coefficient (Wildman–Crippen LogP) is 5.79. The zero-order valence-corrected chi connectivity index (χ0v) is 19.3. The molecule has 1 amide bonds. The quantitative estimate of drug-likeness (QED) is 0.514. The largest absolute Gasteiger partial charge is 0.322 e. The second kappa shape index (κ2) is 8.94. The van der Waals surface area contributed by atoms with Crippen molar-refractivity contribution >= 4 is 27.3 Å². The van der Waals surface area contributed by atoms with E-state index in [1.165, 1.54) is 11.6 Å². The molecule has 3 aromatic carbocycles. The molecule has 0 heterocycles. The molecule has 0 spiro atoms. The van der Waals surface area contributed by atoms with E-state index in [0.29, 0.717) is 22.9 Å². The maximum absolute atomic E-state index is 13.0. The molecule has 0 aromatic heterocycles. The van der Waals surface area contributed by atoms with Crippen molar-refractivity contribution in [2.75, 3.05) is 10.0 Å². The van der Waals surface area contributed by atoms with E-state index >= 15 is 0 Å². The third-order valence-electron chi connectivity index (χ3n) is 5.05. The predicted molar refractivity (Wildman–Crippen MR) is 126 cm³/mol. The van der Waals surface area contributed by atoms with Crippen molar-refractivity contribution in [3.8, 4) is 0 Å². The number of hydrogen-bond donors (Lipinski definition) is 2. The molecule has 0 saturated heterocycles. The molecule has 0 saturated carbocycles. The van der Waals surface area contributed by atoms with E-state index in [-0.39, 0.29) is 16.4 Å². The van der Waals surface area contributed by atoms with Crippen molar-refractivity contribution in [1.82, 2.24) is 0 Å². The molecule has 0 atom stereocenters. The van der Waals surface area contributed by atoms with E-state index in [4.69, 9.17) is 0 Å². The fraction of sp³-hybridized carbons (Fsp3) is 0.240. The zero-order valence-electron chi connectivity index (χ0n) is 18.5. The van der Waals surface area contributed by atoms with Crippen molar-refractivity contribution in [3.63, 3.8) is 0 Å². The Labute approximate surface area is 184 Å². The van der Waals surface area contributed by atoms with Crippen LogP contribution in [0.5, 0.6) is 0 Å². The number of amides is 1. The molecule has 5 nitrogen and oxygen atoms in total. The monoisotopic (exact) mass is 436 g/mol. The topological polar surface area (TPSA) is 75.3 Å². The molecule has 31 heavy (non-hydrogen) atoms. The van der Waals surface area contributed by atoms with Crippen molar-refractivity contribution in [2.24, 2.45) is 0 Å². The third kappa shape index (κ3) is 5.52. The second-order valence-electron chi connectivity index (χ2n) is 8.19. The van der Waals surface area contributed by atoms with Crippen LogP contribution >= 0.6 is 0 Å². The summed E-state index contributed by atoms with van der Waals surface area (Å²) in [7, 11) is -3.85. The number of aryl methyl sites for hydroxylation is 3. The highest BCUT2D eigenvalue weighted by atomic mass is 32.2. The van der Waals surface area contributed by atoms with Gasteiger partial charge in [0, 0.05) is 16.9 Å². The van der Waals surface area contributed by atoms with Gasteiger partial charge in [0.15, 0.2) is 0 Å². The van der Waals surface area contributed by atoms with Crippen molar-refractivity contribution in [2.45, 2.75) is 45.4 Å². The van der Waals surface area contributed by atoms with Gasteiger partial charge in [0.05, 0.1) is 4.90 Å². The van der Waals surface area contributed by atoms with Gasteiger partial charge in [-0.25, -0.2) is 8.42 Å². The molecule has 0 fully saturated rings. The molecule has 3 rings (SSSR count). The summed E-state index contributed by atoms with van der Waals surface area (Å²) in [5, 5.41) is 2.83. The van der Waals surface area contributed by atoms with E-state index in [0.717, 1.165) is 11.1 Å². The number of nitrogens with one attached hydrogen (secondary N) is 2. The Hall–Kier alpha value is -3.12. The Kier molecular flexibility index (Phi) is 6.51. The van der Waals surface area contributed by atoms with E-state index in [1.54, 1.807) is 31.2 Å². The van der Waals surface area contributed by atoms with Gasteiger partial charge in [-0.3, -0.25) is 9.52 Å². The molecule has 0 radical (unpaired) electrons. The zero-order chi connectivity index (χ0) is 22.8. The van der Waals surface area contributed by atoms with Crippen LogP contribution in [0.3, 0.4) is 0 Å². The van der Waals surface area contributed by atoms with Gasteiger partial charge >= 0.3 is 0 Å². The molecular weight excluding hydrogens is 408 g/mol. The van der Waals surface area contributed by atoms with Crippen LogP contribution in [0.4, 0.5) is 11.4 Å². The Morgan fingerprint density at radius 1 is 0.806 bits per heavy atom. The fourth-order valence-corrected chi connectivity index (χ4v) is 4.74. The SMILES string of the molecule is Cc1cc(C)cc(NS(=O)(=O)c2cc(C(=O)Nc3ccc(C(C)C)cc3)ccc2C)c1.